The highest BCUT2D eigenvalue weighted by molar-refractivity contribution is 5.79. The third-order valence-electron chi connectivity index (χ3n) is 4.45. The van der Waals surface area contributed by atoms with E-state index in [1.807, 2.05) is 26.1 Å². The summed E-state index contributed by atoms with van der Waals surface area (Å²) >= 11 is 0. The van der Waals surface area contributed by atoms with Gasteiger partial charge in [-0.15, -0.1) is 0 Å². The van der Waals surface area contributed by atoms with E-state index in [0.29, 0.717) is 5.92 Å². The van der Waals surface area contributed by atoms with Gasteiger partial charge in [0.05, 0.1) is 7.11 Å². The molecule has 2 N–H and O–H groups in total. The summed E-state index contributed by atoms with van der Waals surface area (Å²) in [5.74, 6) is 2.40. The number of hydrogen-bond donors (Lipinski definition) is 2. The smallest absolute Gasteiger partial charge is 0.190 e. The molecule has 1 fully saturated rings. The first-order valence-corrected chi connectivity index (χ1v) is 9.18. The van der Waals surface area contributed by atoms with Crippen LogP contribution in [0.5, 0.6) is 5.75 Å². The molecule has 1 atom stereocenters. The van der Waals surface area contributed by atoms with E-state index >= 15 is 0 Å². The molecule has 1 aliphatic heterocycles. The average molecular weight is 348 g/mol. The molecular weight excluding hydrogens is 316 g/mol. The molecule has 2 rings (SSSR count). The minimum absolute atomic E-state index is 0.619. The van der Waals surface area contributed by atoms with E-state index in [-0.39, 0.29) is 0 Å². The minimum Gasteiger partial charge on any atom is -0.497 e. The van der Waals surface area contributed by atoms with Crippen molar-refractivity contribution in [1.82, 2.24) is 10.6 Å². The molecule has 1 aliphatic rings. The van der Waals surface area contributed by atoms with Crippen molar-refractivity contribution >= 4 is 11.6 Å². The second-order valence-electron chi connectivity index (χ2n) is 6.23. The summed E-state index contributed by atoms with van der Waals surface area (Å²) in [5, 5.41) is 6.78. The van der Waals surface area contributed by atoms with Gasteiger partial charge < -0.3 is 25.0 Å². The molecule has 1 unspecified atom stereocenters. The van der Waals surface area contributed by atoms with Crippen LogP contribution in [0.1, 0.15) is 19.8 Å². The Morgan fingerprint density at radius 1 is 1.36 bits per heavy atom. The SMILES string of the molecule is CCOCCCNC(=NC)NCC1CCN(c2cccc(OC)c2)C1. The molecule has 6 nitrogen and oxygen atoms in total. The molecule has 6 heteroatoms. The summed E-state index contributed by atoms with van der Waals surface area (Å²) in [6.07, 6.45) is 2.17. The molecule has 1 aromatic rings. The predicted octanol–water partition coefficient (Wildman–Crippen LogP) is 2.11. The zero-order valence-corrected chi connectivity index (χ0v) is 15.8. The van der Waals surface area contributed by atoms with E-state index in [1.54, 1.807) is 7.11 Å². The lowest BCUT2D eigenvalue weighted by Gasteiger charge is -2.20. The van der Waals surface area contributed by atoms with Crippen LogP contribution >= 0.6 is 0 Å². The highest BCUT2D eigenvalue weighted by atomic mass is 16.5. The number of aliphatic imine (C=N–C) groups is 1. The summed E-state index contributed by atoms with van der Waals surface area (Å²) in [4.78, 5) is 6.71. The van der Waals surface area contributed by atoms with Gasteiger partial charge in [0.2, 0.25) is 0 Å². The molecule has 1 saturated heterocycles. The normalized spacial score (nSPS) is 17.6. The number of benzene rings is 1. The van der Waals surface area contributed by atoms with Gasteiger partial charge in [-0.05, 0) is 37.8 Å². The van der Waals surface area contributed by atoms with Crippen molar-refractivity contribution in [3.63, 3.8) is 0 Å². The van der Waals surface area contributed by atoms with Crippen LogP contribution in [-0.2, 0) is 4.74 Å². The third-order valence-corrected chi connectivity index (χ3v) is 4.45. The van der Waals surface area contributed by atoms with Gasteiger partial charge in [0.1, 0.15) is 5.75 Å². The van der Waals surface area contributed by atoms with Crippen LogP contribution in [0.25, 0.3) is 0 Å². The first-order valence-electron chi connectivity index (χ1n) is 9.18. The van der Waals surface area contributed by atoms with Crippen molar-refractivity contribution in [2.75, 3.05) is 58.5 Å². The Balaban J connectivity index is 1.71. The summed E-state index contributed by atoms with van der Waals surface area (Å²) < 4.78 is 10.7. The maximum atomic E-state index is 5.35. The minimum atomic E-state index is 0.619. The van der Waals surface area contributed by atoms with Gasteiger partial charge in [-0.25, -0.2) is 0 Å². The average Bonchev–Trinajstić information content (AvgIpc) is 3.13. The van der Waals surface area contributed by atoms with E-state index in [2.05, 4.69) is 32.7 Å². The first-order chi connectivity index (χ1) is 12.3. The van der Waals surface area contributed by atoms with Crippen molar-refractivity contribution in [2.24, 2.45) is 10.9 Å². The monoisotopic (exact) mass is 348 g/mol. The summed E-state index contributed by atoms with van der Waals surface area (Å²) in [6, 6.07) is 8.29. The van der Waals surface area contributed by atoms with Crippen LogP contribution in [0.3, 0.4) is 0 Å². The second-order valence-corrected chi connectivity index (χ2v) is 6.23. The topological polar surface area (TPSA) is 58.1 Å². The molecular formula is C19H32N4O2. The van der Waals surface area contributed by atoms with Crippen LogP contribution in [0.4, 0.5) is 5.69 Å². The molecule has 0 aliphatic carbocycles. The Morgan fingerprint density at radius 3 is 3.00 bits per heavy atom. The Kier molecular flexibility index (Phi) is 8.39. The Morgan fingerprint density at radius 2 is 2.24 bits per heavy atom. The van der Waals surface area contributed by atoms with E-state index in [9.17, 15) is 0 Å². The number of nitrogens with one attached hydrogen (secondary N) is 2. The van der Waals surface area contributed by atoms with E-state index < -0.39 is 0 Å². The van der Waals surface area contributed by atoms with Crippen LogP contribution < -0.4 is 20.3 Å². The summed E-state index contributed by atoms with van der Waals surface area (Å²) in [5.41, 5.74) is 1.24. The molecule has 1 aromatic carbocycles. The number of methoxy groups -OCH3 is 1. The van der Waals surface area contributed by atoms with E-state index in [1.165, 1.54) is 12.1 Å². The van der Waals surface area contributed by atoms with Crippen molar-refractivity contribution in [3.05, 3.63) is 24.3 Å². The van der Waals surface area contributed by atoms with Gasteiger partial charge in [-0.3, -0.25) is 4.99 Å². The first kappa shape index (κ1) is 19.4. The number of nitrogens with zero attached hydrogens (tertiary/aromatic N) is 2. The largest absolute Gasteiger partial charge is 0.497 e. The predicted molar refractivity (Wildman–Crippen MR) is 104 cm³/mol. The van der Waals surface area contributed by atoms with Gasteiger partial charge in [0.15, 0.2) is 5.96 Å². The number of anilines is 1. The third kappa shape index (κ3) is 6.46. The molecule has 0 amide bonds. The zero-order chi connectivity index (χ0) is 17.9. The van der Waals surface area contributed by atoms with E-state index in [4.69, 9.17) is 9.47 Å². The maximum absolute atomic E-state index is 5.35. The number of rotatable bonds is 9. The van der Waals surface area contributed by atoms with Crippen molar-refractivity contribution in [3.8, 4) is 5.75 Å². The van der Waals surface area contributed by atoms with Gasteiger partial charge in [0, 0.05) is 58.2 Å². The standard InChI is InChI=1S/C19H32N4O2/c1-4-25-12-6-10-21-19(20-2)22-14-16-9-11-23(15-16)17-7-5-8-18(13-17)24-3/h5,7-8,13,16H,4,6,9-12,14-15H2,1-3H3,(H2,20,21,22). The highest BCUT2D eigenvalue weighted by Gasteiger charge is 2.23. The summed E-state index contributed by atoms with van der Waals surface area (Å²) in [6.45, 7) is 7.54. The number of ether oxygens (including phenoxy) is 2. The molecule has 25 heavy (non-hydrogen) atoms. The molecule has 0 radical (unpaired) electrons. The van der Waals surface area contributed by atoms with Crippen molar-refractivity contribution in [2.45, 2.75) is 19.8 Å². The fourth-order valence-corrected chi connectivity index (χ4v) is 3.03. The Bertz CT molecular complexity index is 536. The Hall–Kier alpha value is -1.95. The fraction of sp³-hybridized carbons (Fsp3) is 0.632. The van der Waals surface area contributed by atoms with Crippen LogP contribution in [0.2, 0.25) is 0 Å². The van der Waals surface area contributed by atoms with Crippen LogP contribution in [0, 0.1) is 5.92 Å². The Labute approximate surface area is 151 Å². The lowest BCUT2D eigenvalue weighted by Crippen LogP contribution is -2.40. The fourth-order valence-electron chi connectivity index (χ4n) is 3.03. The molecule has 0 aromatic heterocycles. The van der Waals surface area contributed by atoms with Crippen LogP contribution in [-0.4, -0.2) is 59.5 Å². The molecule has 0 spiro atoms. The number of guanidine groups is 1. The highest BCUT2D eigenvalue weighted by Crippen LogP contribution is 2.26. The second kappa shape index (κ2) is 10.8. The van der Waals surface area contributed by atoms with Gasteiger partial charge in [-0.2, -0.15) is 0 Å². The summed E-state index contributed by atoms with van der Waals surface area (Å²) in [7, 11) is 3.53. The lowest BCUT2D eigenvalue weighted by molar-refractivity contribution is 0.145. The van der Waals surface area contributed by atoms with Crippen molar-refractivity contribution < 1.29 is 9.47 Å². The zero-order valence-electron chi connectivity index (χ0n) is 15.8. The molecule has 0 bridgehead atoms. The van der Waals surface area contributed by atoms with Crippen molar-refractivity contribution in [1.29, 1.82) is 0 Å². The van der Waals surface area contributed by atoms with Gasteiger partial charge in [-0.1, -0.05) is 6.07 Å². The quantitative estimate of drug-likeness (QED) is 0.407. The lowest BCUT2D eigenvalue weighted by atomic mass is 10.1. The van der Waals surface area contributed by atoms with Crippen LogP contribution in [0.15, 0.2) is 29.3 Å². The van der Waals surface area contributed by atoms with Gasteiger partial charge in [0.25, 0.3) is 0 Å². The van der Waals surface area contributed by atoms with E-state index in [0.717, 1.165) is 57.5 Å². The number of hydrogen-bond acceptors (Lipinski definition) is 4. The maximum Gasteiger partial charge on any atom is 0.190 e. The molecule has 0 saturated carbocycles. The van der Waals surface area contributed by atoms with Gasteiger partial charge >= 0.3 is 0 Å². The molecule has 1 heterocycles. The molecule has 140 valence electrons.